The molecule has 0 N–H and O–H groups in total. The first-order valence-electron chi connectivity index (χ1n) is 3.84. The zero-order chi connectivity index (χ0) is 13.4. The van der Waals surface area contributed by atoms with Crippen molar-refractivity contribution < 1.29 is 26.9 Å². The molecule has 0 amide bonds. The molecule has 10 heteroatoms. The van der Waals surface area contributed by atoms with Crippen molar-refractivity contribution in [2.24, 2.45) is 0 Å². The van der Waals surface area contributed by atoms with Crippen molar-refractivity contribution in [1.82, 2.24) is 4.98 Å². The predicted molar refractivity (Wildman–Crippen MR) is 45.9 cm³/mol. The van der Waals surface area contributed by atoms with Crippen molar-refractivity contribution in [2.75, 3.05) is 0 Å². The van der Waals surface area contributed by atoms with Gasteiger partial charge in [0.15, 0.2) is 0 Å². The average Bonchev–Trinajstić information content (AvgIpc) is 2.14. The zero-order valence-corrected chi connectivity index (χ0v) is 8.39. The summed E-state index contributed by atoms with van der Waals surface area (Å²) in [5.41, 5.74) is -3.43. The van der Waals surface area contributed by atoms with Crippen molar-refractivity contribution in [3.63, 3.8) is 0 Å². The van der Waals surface area contributed by atoms with E-state index in [9.17, 15) is 32.1 Å². The van der Waals surface area contributed by atoms with Crippen LogP contribution < -0.4 is 0 Å². The summed E-state index contributed by atoms with van der Waals surface area (Å²) in [5, 5.41) is 9.01. The number of nitro groups is 1. The van der Waals surface area contributed by atoms with Crippen molar-refractivity contribution >= 4 is 17.4 Å². The molecule has 17 heavy (non-hydrogen) atoms. The molecule has 1 rings (SSSR count). The van der Waals surface area contributed by atoms with Crippen molar-refractivity contribution in [3.05, 3.63) is 32.5 Å². The fraction of sp³-hybridized carbons (Fsp3) is 0.286. The minimum atomic E-state index is -5.18. The lowest BCUT2D eigenvalue weighted by atomic mass is 10.1. The first kappa shape index (κ1) is 13.6. The molecular formula is C7H2ClF5N2O2. The summed E-state index contributed by atoms with van der Waals surface area (Å²) in [7, 11) is 0. The molecule has 1 heterocycles. The summed E-state index contributed by atoms with van der Waals surface area (Å²) in [5.74, 6) is -1.24. The number of nitrogens with zero attached hydrogens (tertiary/aromatic N) is 2. The van der Waals surface area contributed by atoms with Crippen molar-refractivity contribution in [1.29, 1.82) is 0 Å². The lowest BCUT2D eigenvalue weighted by Gasteiger charge is -2.11. The van der Waals surface area contributed by atoms with E-state index in [0.29, 0.717) is 0 Å². The van der Waals surface area contributed by atoms with E-state index >= 15 is 0 Å². The van der Waals surface area contributed by atoms with Crippen LogP contribution in [0.1, 0.15) is 17.6 Å². The topological polar surface area (TPSA) is 56.0 Å². The molecule has 0 radical (unpaired) electrons. The zero-order valence-electron chi connectivity index (χ0n) is 7.63. The van der Waals surface area contributed by atoms with Crippen LogP contribution in [-0.2, 0) is 6.18 Å². The molecule has 0 aliphatic rings. The number of hydrogen-bond acceptors (Lipinski definition) is 3. The van der Waals surface area contributed by atoms with E-state index < -0.39 is 39.6 Å². The lowest BCUT2D eigenvalue weighted by Crippen LogP contribution is -2.12. The first-order valence-corrected chi connectivity index (χ1v) is 4.22. The Morgan fingerprint density at radius 2 is 1.94 bits per heavy atom. The number of halogens is 6. The molecule has 0 atom stereocenters. The Balaban J connectivity index is 3.57. The second-order valence-corrected chi connectivity index (χ2v) is 3.15. The summed E-state index contributed by atoms with van der Waals surface area (Å²) >= 11 is 5.08. The van der Waals surface area contributed by atoms with Gasteiger partial charge in [-0.15, -0.1) is 0 Å². The van der Waals surface area contributed by atoms with E-state index in [-0.39, 0.29) is 6.07 Å². The fourth-order valence-electron chi connectivity index (χ4n) is 1.05. The van der Waals surface area contributed by atoms with Crippen molar-refractivity contribution in [2.45, 2.75) is 12.6 Å². The van der Waals surface area contributed by atoms with Crippen LogP contribution in [0, 0.1) is 10.1 Å². The van der Waals surface area contributed by atoms with Crippen LogP contribution in [0.25, 0.3) is 0 Å². The summed E-state index contributed by atoms with van der Waals surface area (Å²) in [6.07, 6.45) is -8.71. The van der Waals surface area contributed by atoms with Gasteiger partial charge in [-0.05, 0) is 21.5 Å². The molecular weight excluding hydrogens is 275 g/mol. The van der Waals surface area contributed by atoms with E-state index in [1.807, 2.05) is 0 Å². The van der Waals surface area contributed by atoms with E-state index in [1.165, 1.54) is 0 Å². The molecule has 0 saturated carbocycles. The second kappa shape index (κ2) is 4.40. The van der Waals surface area contributed by atoms with Gasteiger partial charge in [-0.3, -0.25) is 0 Å². The van der Waals surface area contributed by atoms with Crippen LogP contribution in [0.2, 0.25) is 5.15 Å². The predicted octanol–water partition coefficient (Wildman–Crippen LogP) is 3.60. The average molecular weight is 277 g/mol. The highest BCUT2D eigenvalue weighted by molar-refractivity contribution is 6.30. The van der Waals surface area contributed by atoms with Gasteiger partial charge in [0.25, 0.3) is 11.6 Å². The highest BCUT2D eigenvalue weighted by Gasteiger charge is 2.40. The molecule has 1 aromatic rings. The van der Waals surface area contributed by atoms with E-state index in [4.69, 9.17) is 11.6 Å². The Morgan fingerprint density at radius 1 is 1.41 bits per heavy atom. The largest absolute Gasteiger partial charge is 0.417 e. The summed E-state index contributed by atoms with van der Waals surface area (Å²) < 4.78 is 61.9. The standard InChI is InChI=1S/C7H2ClF5N2O2/c8-5-4(6(9)10)2(7(11,12)13)1-3(14-5)15(16)17/h1,6H. The van der Waals surface area contributed by atoms with Crippen molar-refractivity contribution in [3.8, 4) is 0 Å². The second-order valence-electron chi connectivity index (χ2n) is 2.79. The van der Waals surface area contributed by atoms with Crippen LogP contribution in [0.3, 0.4) is 0 Å². The Morgan fingerprint density at radius 3 is 2.29 bits per heavy atom. The fourth-order valence-corrected chi connectivity index (χ4v) is 1.32. The van der Waals surface area contributed by atoms with Gasteiger partial charge in [0.05, 0.1) is 11.1 Å². The monoisotopic (exact) mass is 276 g/mol. The molecule has 0 aliphatic carbocycles. The van der Waals surface area contributed by atoms with Gasteiger partial charge in [0.1, 0.15) is 0 Å². The van der Waals surface area contributed by atoms with Gasteiger partial charge in [-0.2, -0.15) is 13.2 Å². The molecule has 0 aliphatic heterocycles. The third kappa shape index (κ3) is 2.78. The van der Waals surface area contributed by atoms with Crippen LogP contribution in [0.15, 0.2) is 6.07 Å². The SMILES string of the molecule is O=[N+]([O-])c1cc(C(F)(F)F)c(C(F)F)c(Cl)n1. The van der Waals surface area contributed by atoms with E-state index in [1.54, 1.807) is 0 Å². The summed E-state index contributed by atoms with van der Waals surface area (Å²) in [6, 6.07) is -0.0760. The first-order chi connectivity index (χ1) is 7.64. The van der Waals surface area contributed by atoms with Gasteiger partial charge in [-0.1, -0.05) is 0 Å². The Kier molecular flexibility index (Phi) is 3.51. The van der Waals surface area contributed by atoms with Gasteiger partial charge < -0.3 is 10.1 Å². The Bertz CT molecular complexity index is 462. The maximum absolute atomic E-state index is 12.4. The van der Waals surface area contributed by atoms with Gasteiger partial charge >= 0.3 is 12.0 Å². The number of rotatable bonds is 2. The number of hydrogen-bond donors (Lipinski definition) is 0. The maximum Gasteiger partial charge on any atom is 0.417 e. The molecule has 0 fully saturated rings. The van der Waals surface area contributed by atoms with Crippen LogP contribution in [-0.4, -0.2) is 9.91 Å². The Hall–Kier alpha value is -1.51. The molecule has 0 unspecified atom stereocenters. The highest BCUT2D eigenvalue weighted by atomic mass is 35.5. The summed E-state index contributed by atoms with van der Waals surface area (Å²) in [6.45, 7) is 0. The molecule has 0 bridgehead atoms. The van der Waals surface area contributed by atoms with E-state index in [0.717, 1.165) is 0 Å². The van der Waals surface area contributed by atoms with Gasteiger partial charge in [-0.25, -0.2) is 8.78 Å². The minimum absolute atomic E-state index is 0.0760. The molecule has 1 aromatic heterocycles. The summed E-state index contributed by atoms with van der Waals surface area (Å²) in [4.78, 5) is 11.8. The molecule has 94 valence electrons. The number of aromatic nitrogens is 1. The molecule has 0 saturated heterocycles. The van der Waals surface area contributed by atoms with E-state index in [2.05, 4.69) is 4.98 Å². The van der Waals surface area contributed by atoms with Crippen LogP contribution in [0.5, 0.6) is 0 Å². The molecule has 4 nitrogen and oxygen atoms in total. The van der Waals surface area contributed by atoms with Gasteiger partial charge in [0.2, 0.25) is 0 Å². The number of alkyl halides is 5. The Labute approximate surface area is 95.2 Å². The number of pyridine rings is 1. The van der Waals surface area contributed by atoms with Crippen LogP contribution in [0.4, 0.5) is 27.8 Å². The van der Waals surface area contributed by atoms with Crippen LogP contribution >= 0.6 is 11.6 Å². The maximum atomic E-state index is 12.4. The van der Waals surface area contributed by atoms with Gasteiger partial charge in [0, 0.05) is 6.07 Å². The molecule has 0 aromatic carbocycles. The third-order valence-corrected chi connectivity index (χ3v) is 2.00. The normalized spacial score (nSPS) is 11.9. The smallest absolute Gasteiger partial charge is 0.358 e. The molecule has 0 spiro atoms. The quantitative estimate of drug-likeness (QED) is 0.359. The lowest BCUT2D eigenvalue weighted by molar-refractivity contribution is -0.389. The highest BCUT2D eigenvalue weighted by Crippen LogP contribution is 2.40. The minimum Gasteiger partial charge on any atom is -0.358 e. The third-order valence-electron chi connectivity index (χ3n) is 1.71.